The third-order valence-electron chi connectivity index (χ3n) is 2.87. The van der Waals surface area contributed by atoms with E-state index in [1.807, 2.05) is 25.1 Å². The Kier molecular flexibility index (Phi) is 2.73. The van der Waals surface area contributed by atoms with Crippen molar-refractivity contribution in [1.82, 2.24) is 0 Å². The molecule has 0 aromatic heterocycles. The topological polar surface area (TPSA) is 29.5 Å². The zero-order valence-corrected chi connectivity index (χ0v) is 8.44. The van der Waals surface area contributed by atoms with E-state index in [9.17, 15) is 5.11 Å². The van der Waals surface area contributed by atoms with Crippen molar-refractivity contribution in [2.45, 2.75) is 25.9 Å². The van der Waals surface area contributed by atoms with Gasteiger partial charge in [-0.15, -0.1) is 0 Å². The van der Waals surface area contributed by atoms with Crippen LogP contribution in [0.3, 0.4) is 0 Å². The molecule has 1 unspecified atom stereocenters. The number of fused-ring (bicyclic) bond motifs is 1. The molecule has 0 bridgehead atoms. The molecule has 2 nitrogen and oxygen atoms in total. The van der Waals surface area contributed by atoms with Gasteiger partial charge >= 0.3 is 0 Å². The lowest BCUT2D eigenvalue weighted by Crippen LogP contribution is -2.31. The van der Waals surface area contributed by atoms with E-state index in [4.69, 9.17) is 4.74 Å². The van der Waals surface area contributed by atoms with Crippen molar-refractivity contribution in [2.75, 3.05) is 6.61 Å². The lowest BCUT2D eigenvalue weighted by molar-refractivity contribution is 0.0623. The first kappa shape index (κ1) is 9.53. The van der Waals surface area contributed by atoms with Gasteiger partial charge in [-0.05, 0) is 24.5 Å². The largest absolute Gasteiger partial charge is 0.493 e. The summed E-state index contributed by atoms with van der Waals surface area (Å²) in [6.45, 7) is 2.65. The molecule has 1 aliphatic rings. The average Bonchev–Trinajstić information content (AvgIpc) is 2.27. The molecular weight excluding hydrogens is 176 g/mol. The first-order chi connectivity index (χ1) is 6.81. The number of rotatable bonds is 2. The molecule has 2 atom stereocenters. The van der Waals surface area contributed by atoms with Crippen LogP contribution in [0.15, 0.2) is 24.3 Å². The molecule has 0 saturated heterocycles. The number of hydrogen-bond acceptors (Lipinski definition) is 2. The molecule has 1 aromatic carbocycles. The van der Waals surface area contributed by atoms with Crippen molar-refractivity contribution in [1.29, 1.82) is 0 Å². The minimum atomic E-state index is -0.233. The molecule has 14 heavy (non-hydrogen) atoms. The number of aliphatic hydroxyl groups excluding tert-OH is 1. The monoisotopic (exact) mass is 192 g/mol. The summed E-state index contributed by atoms with van der Waals surface area (Å²) in [6, 6.07) is 8.06. The van der Waals surface area contributed by atoms with E-state index < -0.39 is 0 Å². The molecular formula is C12H16O2. The lowest BCUT2D eigenvalue weighted by Gasteiger charge is -2.28. The van der Waals surface area contributed by atoms with Crippen molar-refractivity contribution < 1.29 is 9.84 Å². The van der Waals surface area contributed by atoms with Crippen molar-refractivity contribution in [3.8, 4) is 5.75 Å². The minimum absolute atomic E-state index is 0.233. The van der Waals surface area contributed by atoms with Crippen LogP contribution in [0.2, 0.25) is 0 Å². The zero-order valence-electron chi connectivity index (χ0n) is 8.44. The second kappa shape index (κ2) is 4.01. The summed E-state index contributed by atoms with van der Waals surface area (Å²) < 4.78 is 5.60. The molecule has 2 rings (SSSR count). The Morgan fingerprint density at radius 2 is 2.29 bits per heavy atom. The fourth-order valence-corrected chi connectivity index (χ4v) is 1.93. The van der Waals surface area contributed by atoms with Gasteiger partial charge in [-0.3, -0.25) is 0 Å². The Morgan fingerprint density at radius 1 is 1.50 bits per heavy atom. The molecule has 0 saturated carbocycles. The van der Waals surface area contributed by atoms with Gasteiger partial charge in [0.25, 0.3) is 0 Å². The number of hydrogen-bond donors (Lipinski definition) is 1. The van der Waals surface area contributed by atoms with E-state index in [0.29, 0.717) is 6.61 Å². The Hall–Kier alpha value is -1.02. The smallest absolute Gasteiger partial charge is 0.122 e. The molecule has 1 heterocycles. The van der Waals surface area contributed by atoms with Crippen LogP contribution in [-0.2, 0) is 6.42 Å². The molecule has 76 valence electrons. The number of benzene rings is 1. The molecule has 1 aromatic rings. The molecule has 2 heteroatoms. The fraction of sp³-hybridized carbons (Fsp3) is 0.500. The Balaban J connectivity index is 2.13. The highest BCUT2D eigenvalue weighted by Gasteiger charge is 2.24. The van der Waals surface area contributed by atoms with Gasteiger partial charge < -0.3 is 9.84 Å². The summed E-state index contributed by atoms with van der Waals surface area (Å²) >= 11 is 0. The van der Waals surface area contributed by atoms with Crippen LogP contribution in [0, 0.1) is 5.92 Å². The van der Waals surface area contributed by atoms with Crippen LogP contribution in [-0.4, -0.2) is 17.8 Å². The number of aliphatic hydroxyl groups is 1. The highest BCUT2D eigenvalue weighted by molar-refractivity contribution is 5.35. The summed E-state index contributed by atoms with van der Waals surface area (Å²) in [5.74, 6) is 1.24. The summed E-state index contributed by atoms with van der Waals surface area (Å²) in [4.78, 5) is 0. The highest BCUT2D eigenvalue weighted by Crippen LogP contribution is 2.28. The summed E-state index contributed by atoms with van der Waals surface area (Å²) in [7, 11) is 0. The Morgan fingerprint density at radius 3 is 3.07 bits per heavy atom. The summed E-state index contributed by atoms with van der Waals surface area (Å²) in [6.07, 6.45) is 1.50. The van der Waals surface area contributed by atoms with E-state index in [1.54, 1.807) is 0 Å². The maximum atomic E-state index is 9.73. The molecule has 1 N–H and O–H groups in total. The predicted molar refractivity (Wildman–Crippen MR) is 55.4 cm³/mol. The van der Waals surface area contributed by atoms with Gasteiger partial charge in [0.2, 0.25) is 0 Å². The van der Waals surface area contributed by atoms with Gasteiger partial charge in [0.15, 0.2) is 0 Å². The molecule has 0 amide bonds. The van der Waals surface area contributed by atoms with E-state index >= 15 is 0 Å². The second-order valence-electron chi connectivity index (χ2n) is 3.86. The Labute approximate surface area is 84.5 Å². The molecule has 1 aliphatic heterocycles. The summed E-state index contributed by atoms with van der Waals surface area (Å²) in [5.41, 5.74) is 1.22. The van der Waals surface area contributed by atoms with Gasteiger partial charge in [0.1, 0.15) is 5.75 Å². The first-order valence-electron chi connectivity index (χ1n) is 5.20. The third-order valence-corrected chi connectivity index (χ3v) is 2.87. The van der Waals surface area contributed by atoms with Crippen molar-refractivity contribution >= 4 is 0 Å². The van der Waals surface area contributed by atoms with Gasteiger partial charge in [-0.25, -0.2) is 0 Å². The van der Waals surface area contributed by atoms with Gasteiger partial charge in [-0.2, -0.15) is 0 Å². The zero-order chi connectivity index (χ0) is 9.97. The molecule has 0 aliphatic carbocycles. The third kappa shape index (κ3) is 1.75. The maximum absolute atomic E-state index is 9.73. The van der Waals surface area contributed by atoms with Crippen molar-refractivity contribution in [3.05, 3.63) is 29.8 Å². The van der Waals surface area contributed by atoms with E-state index in [-0.39, 0.29) is 12.0 Å². The second-order valence-corrected chi connectivity index (χ2v) is 3.86. The van der Waals surface area contributed by atoms with Gasteiger partial charge in [-0.1, -0.05) is 25.1 Å². The predicted octanol–water partition coefficient (Wildman–Crippen LogP) is 2.01. The lowest BCUT2D eigenvalue weighted by atomic mass is 9.91. The number of para-hydroxylation sites is 1. The van der Waals surface area contributed by atoms with Gasteiger partial charge in [0.05, 0.1) is 12.7 Å². The van der Waals surface area contributed by atoms with Crippen LogP contribution in [0.1, 0.15) is 18.9 Å². The summed E-state index contributed by atoms with van der Waals surface area (Å²) in [5, 5.41) is 9.73. The normalized spacial score (nSPS) is 22.3. The van der Waals surface area contributed by atoms with Crippen molar-refractivity contribution in [2.24, 2.45) is 5.92 Å². The maximum Gasteiger partial charge on any atom is 0.122 e. The SMILES string of the molecule is CC[C@@H](O)C1COc2ccccc2C1. The van der Waals surface area contributed by atoms with Crippen LogP contribution >= 0.6 is 0 Å². The standard InChI is InChI=1S/C12H16O2/c1-2-11(13)10-7-9-5-3-4-6-12(9)14-8-10/h3-6,10-11,13H,2,7-8H2,1H3/t10?,11-/m1/s1. The first-order valence-corrected chi connectivity index (χ1v) is 5.20. The van der Waals surface area contributed by atoms with Crippen LogP contribution in [0.4, 0.5) is 0 Å². The van der Waals surface area contributed by atoms with Crippen LogP contribution in [0.5, 0.6) is 5.75 Å². The van der Waals surface area contributed by atoms with E-state index in [0.717, 1.165) is 18.6 Å². The van der Waals surface area contributed by atoms with Crippen LogP contribution in [0.25, 0.3) is 0 Å². The van der Waals surface area contributed by atoms with E-state index in [2.05, 4.69) is 6.07 Å². The van der Waals surface area contributed by atoms with Crippen molar-refractivity contribution in [3.63, 3.8) is 0 Å². The van der Waals surface area contributed by atoms with Gasteiger partial charge in [0, 0.05) is 5.92 Å². The molecule has 0 spiro atoms. The fourth-order valence-electron chi connectivity index (χ4n) is 1.93. The Bertz CT molecular complexity index is 309. The average molecular weight is 192 g/mol. The number of ether oxygens (including phenoxy) is 1. The molecule has 0 fully saturated rings. The molecule has 0 radical (unpaired) electrons. The quantitative estimate of drug-likeness (QED) is 0.776. The van der Waals surface area contributed by atoms with Crippen LogP contribution < -0.4 is 4.74 Å². The minimum Gasteiger partial charge on any atom is -0.493 e. The van der Waals surface area contributed by atoms with E-state index in [1.165, 1.54) is 5.56 Å². The highest BCUT2D eigenvalue weighted by atomic mass is 16.5.